The molecule has 0 aromatic heterocycles. The van der Waals surface area contributed by atoms with Crippen LogP contribution in [0.15, 0.2) is 48.5 Å². The van der Waals surface area contributed by atoms with Crippen LogP contribution < -0.4 is 5.32 Å². The first-order valence-electron chi connectivity index (χ1n) is 12.5. The number of likely N-dealkylation sites (tertiary alicyclic amines) is 1. The van der Waals surface area contributed by atoms with Crippen LogP contribution in [0.5, 0.6) is 0 Å². The van der Waals surface area contributed by atoms with Crippen LogP contribution in [0.2, 0.25) is 0 Å². The van der Waals surface area contributed by atoms with Gasteiger partial charge in [-0.05, 0) is 41.0 Å². The lowest BCUT2D eigenvalue weighted by atomic mass is 9.97. The molecule has 2 unspecified atom stereocenters. The molecule has 1 saturated heterocycles. The lowest BCUT2D eigenvalue weighted by Crippen LogP contribution is -2.46. The summed E-state index contributed by atoms with van der Waals surface area (Å²) in [5.41, 5.74) is 4.62. The molecule has 1 aliphatic heterocycles. The molecule has 2 N–H and O–H groups in total. The van der Waals surface area contributed by atoms with Gasteiger partial charge in [-0.15, -0.1) is 0 Å². The Bertz CT molecular complexity index is 1050. The van der Waals surface area contributed by atoms with Crippen molar-refractivity contribution in [1.82, 2.24) is 10.2 Å². The summed E-state index contributed by atoms with van der Waals surface area (Å²) in [5.74, 6) is -1.54. The predicted octanol–water partition coefficient (Wildman–Crippen LogP) is 4.65. The average Bonchev–Trinajstić information content (AvgIpc) is 3.42. The highest BCUT2D eigenvalue weighted by molar-refractivity contribution is 5.81. The number of benzene rings is 2. The van der Waals surface area contributed by atoms with Crippen molar-refractivity contribution in [2.75, 3.05) is 13.2 Å². The molecule has 0 saturated carbocycles. The molecule has 7 heteroatoms. The fourth-order valence-electron chi connectivity index (χ4n) is 5.51. The van der Waals surface area contributed by atoms with Gasteiger partial charge in [0.25, 0.3) is 0 Å². The minimum atomic E-state index is -0.857. The van der Waals surface area contributed by atoms with Crippen LogP contribution in [0, 0.1) is 11.8 Å². The average molecular weight is 479 g/mol. The fraction of sp³-hybridized carbons (Fsp3) is 0.464. The summed E-state index contributed by atoms with van der Waals surface area (Å²) in [6.07, 6.45) is 0.626. The van der Waals surface area contributed by atoms with Gasteiger partial charge in [0.2, 0.25) is 5.91 Å². The smallest absolute Gasteiger partial charge is 0.407 e. The van der Waals surface area contributed by atoms with Gasteiger partial charge < -0.3 is 20.1 Å². The molecule has 0 bridgehead atoms. The Balaban J connectivity index is 1.38. The molecule has 1 heterocycles. The minimum Gasteiger partial charge on any atom is -0.481 e. The summed E-state index contributed by atoms with van der Waals surface area (Å²) in [6.45, 7) is 6.44. The van der Waals surface area contributed by atoms with Crippen LogP contribution in [0.3, 0.4) is 0 Å². The summed E-state index contributed by atoms with van der Waals surface area (Å²) >= 11 is 0. The van der Waals surface area contributed by atoms with E-state index >= 15 is 0 Å². The van der Waals surface area contributed by atoms with Crippen LogP contribution in [-0.2, 0) is 14.3 Å². The fourth-order valence-corrected chi connectivity index (χ4v) is 5.51. The van der Waals surface area contributed by atoms with Crippen molar-refractivity contribution in [2.24, 2.45) is 11.8 Å². The molecule has 0 spiro atoms. The highest BCUT2D eigenvalue weighted by Gasteiger charge is 2.40. The molecule has 2 aromatic rings. The second-order valence-electron chi connectivity index (χ2n) is 9.82. The van der Waals surface area contributed by atoms with Gasteiger partial charge >= 0.3 is 12.1 Å². The molecular weight excluding hydrogens is 444 g/mol. The third-order valence-electron chi connectivity index (χ3n) is 7.45. The Kier molecular flexibility index (Phi) is 7.43. The van der Waals surface area contributed by atoms with E-state index in [1.807, 2.05) is 45.0 Å². The number of alkyl carbamates (subject to hydrolysis) is 1. The first-order valence-corrected chi connectivity index (χ1v) is 12.5. The summed E-state index contributed by atoms with van der Waals surface area (Å²) in [5, 5.41) is 12.3. The number of amides is 2. The molecule has 3 atom stereocenters. The van der Waals surface area contributed by atoms with Crippen LogP contribution in [0.25, 0.3) is 11.1 Å². The Morgan fingerprint density at radius 2 is 1.66 bits per heavy atom. The number of nitrogens with zero attached hydrogens (tertiary/aromatic N) is 1. The number of carboxylic acid groups (broad SMARTS) is 1. The van der Waals surface area contributed by atoms with Gasteiger partial charge in [-0.2, -0.15) is 0 Å². The maximum Gasteiger partial charge on any atom is 0.407 e. The summed E-state index contributed by atoms with van der Waals surface area (Å²) in [7, 11) is 0. The van der Waals surface area contributed by atoms with Crippen LogP contribution in [0.4, 0.5) is 4.79 Å². The first kappa shape index (κ1) is 24.8. The van der Waals surface area contributed by atoms with Gasteiger partial charge in [0.05, 0.1) is 5.92 Å². The van der Waals surface area contributed by atoms with Crippen molar-refractivity contribution >= 4 is 18.0 Å². The molecule has 2 amide bonds. The van der Waals surface area contributed by atoms with E-state index < -0.39 is 24.0 Å². The zero-order valence-electron chi connectivity index (χ0n) is 20.6. The van der Waals surface area contributed by atoms with Crippen molar-refractivity contribution < 1.29 is 24.2 Å². The molecule has 2 aromatic carbocycles. The Hall–Kier alpha value is -3.35. The van der Waals surface area contributed by atoms with E-state index in [2.05, 4.69) is 29.6 Å². The number of hydrogen-bond acceptors (Lipinski definition) is 4. The van der Waals surface area contributed by atoms with Gasteiger partial charge in [-0.25, -0.2) is 4.79 Å². The highest BCUT2D eigenvalue weighted by atomic mass is 16.5. The third kappa shape index (κ3) is 5.04. The van der Waals surface area contributed by atoms with Gasteiger partial charge in [0.1, 0.15) is 6.61 Å². The molecule has 1 fully saturated rings. The summed E-state index contributed by atoms with van der Waals surface area (Å²) in [6, 6.07) is 15.6. The van der Waals surface area contributed by atoms with Crippen molar-refractivity contribution in [3.8, 4) is 11.1 Å². The van der Waals surface area contributed by atoms with E-state index in [1.165, 1.54) is 11.1 Å². The Morgan fingerprint density at radius 3 is 2.20 bits per heavy atom. The number of aliphatic carboxylic acids is 1. The Labute approximate surface area is 206 Å². The van der Waals surface area contributed by atoms with E-state index in [0.29, 0.717) is 19.4 Å². The standard InChI is InChI=1S/C28H34N2O5/c1-4-25-22(27(32)33)13-14-30(25)26(31)15-24(17(2)3)29-28(34)35-16-23-20-11-7-5-9-18(20)19-10-6-8-12-21(19)23/h5-12,17,22-25H,4,13-16H2,1-3H3,(H,29,34)(H,32,33)/t22?,24-,25?/m1/s1. The summed E-state index contributed by atoms with van der Waals surface area (Å²) in [4.78, 5) is 39.0. The predicted molar refractivity (Wildman–Crippen MR) is 133 cm³/mol. The molecular formula is C28H34N2O5. The van der Waals surface area contributed by atoms with Gasteiger partial charge in [-0.1, -0.05) is 69.3 Å². The monoisotopic (exact) mass is 478 g/mol. The van der Waals surface area contributed by atoms with Crippen molar-refractivity contribution in [3.63, 3.8) is 0 Å². The number of ether oxygens (including phenoxy) is 1. The Morgan fingerprint density at radius 1 is 1.06 bits per heavy atom. The normalized spacial score (nSPS) is 19.8. The zero-order chi connectivity index (χ0) is 25.1. The second-order valence-corrected chi connectivity index (χ2v) is 9.82. The quantitative estimate of drug-likeness (QED) is 0.576. The maximum absolute atomic E-state index is 13.1. The van der Waals surface area contributed by atoms with E-state index in [9.17, 15) is 19.5 Å². The molecule has 4 rings (SSSR count). The third-order valence-corrected chi connectivity index (χ3v) is 7.45. The maximum atomic E-state index is 13.1. The molecule has 186 valence electrons. The van der Waals surface area contributed by atoms with E-state index in [0.717, 1.165) is 11.1 Å². The highest BCUT2D eigenvalue weighted by Crippen LogP contribution is 2.44. The van der Waals surface area contributed by atoms with E-state index in [-0.39, 0.29) is 36.8 Å². The second kappa shape index (κ2) is 10.5. The molecule has 35 heavy (non-hydrogen) atoms. The van der Waals surface area contributed by atoms with Crippen LogP contribution in [0.1, 0.15) is 57.1 Å². The largest absolute Gasteiger partial charge is 0.481 e. The van der Waals surface area contributed by atoms with Gasteiger partial charge in [-0.3, -0.25) is 9.59 Å². The van der Waals surface area contributed by atoms with Crippen LogP contribution in [-0.4, -0.2) is 53.2 Å². The number of fused-ring (bicyclic) bond motifs is 3. The molecule has 2 aliphatic rings. The van der Waals surface area contributed by atoms with Gasteiger partial charge in [0.15, 0.2) is 0 Å². The lowest BCUT2D eigenvalue weighted by Gasteiger charge is -2.29. The van der Waals surface area contributed by atoms with E-state index in [4.69, 9.17) is 4.74 Å². The molecule has 0 radical (unpaired) electrons. The van der Waals surface area contributed by atoms with Gasteiger partial charge in [0, 0.05) is 31.0 Å². The first-order chi connectivity index (χ1) is 16.8. The topological polar surface area (TPSA) is 95.9 Å². The van der Waals surface area contributed by atoms with Crippen LogP contribution >= 0.6 is 0 Å². The molecule has 7 nitrogen and oxygen atoms in total. The number of carbonyl (C=O) groups excluding carboxylic acids is 2. The lowest BCUT2D eigenvalue weighted by molar-refractivity contribution is -0.143. The van der Waals surface area contributed by atoms with E-state index in [1.54, 1.807) is 4.90 Å². The number of nitrogens with one attached hydrogen (secondary N) is 1. The molecule has 1 aliphatic carbocycles. The van der Waals surface area contributed by atoms with Crippen molar-refractivity contribution in [2.45, 2.75) is 58.0 Å². The SMILES string of the molecule is CCC1C(C(=O)O)CCN1C(=O)C[C@@H](NC(=O)OCC1c2ccccc2-c2ccccc21)C(C)C. The number of carboxylic acids is 1. The van der Waals surface area contributed by atoms with Crippen molar-refractivity contribution in [1.29, 1.82) is 0 Å². The number of hydrogen-bond donors (Lipinski definition) is 2. The zero-order valence-corrected chi connectivity index (χ0v) is 20.6. The number of rotatable bonds is 8. The number of carbonyl (C=O) groups is 3. The summed E-state index contributed by atoms with van der Waals surface area (Å²) < 4.78 is 5.67. The van der Waals surface area contributed by atoms with Crippen molar-refractivity contribution in [3.05, 3.63) is 59.7 Å². The minimum absolute atomic E-state index is 0.0115.